The van der Waals surface area contributed by atoms with Crippen LogP contribution >= 0.6 is 0 Å². The van der Waals surface area contributed by atoms with Crippen molar-refractivity contribution in [1.29, 1.82) is 0 Å². The lowest BCUT2D eigenvalue weighted by Gasteiger charge is -2.37. The molecule has 3 rings (SSSR count). The highest BCUT2D eigenvalue weighted by Gasteiger charge is 2.24. The minimum Gasteiger partial charge on any atom is -0.478 e. The van der Waals surface area contributed by atoms with Crippen LogP contribution in [0.5, 0.6) is 5.88 Å². The van der Waals surface area contributed by atoms with Crippen molar-refractivity contribution in [2.45, 2.75) is 39.0 Å². The van der Waals surface area contributed by atoms with Gasteiger partial charge in [0.25, 0.3) is 5.91 Å². The van der Waals surface area contributed by atoms with Crippen LogP contribution in [0.2, 0.25) is 0 Å². The average Bonchev–Trinajstić information content (AvgIpc) is 2.63. The van der Waals surface area contributed by atoms with Gasteiger partial charge in [0.2, 0.25) is 5.88 Å². The molecule has 1 aliphatic heterocycles. The molecule has 0 unspecified atom stereocenters. The van der Waals surface area contributed by atoms with E-state index in [1.807, 2.05) is 11.8 Å². The summed E-state index contributed by atoms with van der Waals surface area (Å²) in [5, 5.41) is 0. The molecular formula is C19H29N3O2. The van der Waals surface area contributed by atoms with Gasteiger partial charge >= 0.3 is 0 Å². The molecule has 2 aliphatic rings. The lowest BCUT2D eigenvalue weighted by molar-refractivity contribution is 0.0605. The number of pyridine rings is 1. The fourth-order valence-electron chi connectivity index (χ4n) is 3.82. The summed E-state index contributed by atoms with van der Waals surface area (Å²) in [5.41, 5.74) is 0.675. The lowest BCUT2D eigenvalue weighted by atomic mass is 9.89. The number of carbonyl (C=O) groups is 1. The number of nitrogens with zero attached hydrogens (tertiary/aromatic N) is 3. The van der Waals surface area contributed by atoms with Crippen LogP contribution in [-0.4, -0.2) is 60.0 Å². The van der Waals surface area contributed by atoms with Crippen molar-refractivity contribution in [1.82, 2.24) is 14.8 Å². The van der Waals surface area contributed by atoms with Gasteiger partial charge in [-0.15, -0.1) is 0 Å². The third kappa shape index (κ3) is 4.47. The van der Waals surface area contributed by atoms with E-state index in [1.165, 1.54) is 38.6 Å². The summed E-state index contributed by atoms with van der Waals surface area (Å²) in [6.07, 6.45) is 8.62. The van der Waals surface area contributed by atoms with E-state index in [0.29, 0.717) is 18.1 Å². The second kappa shape index (κ2) is 8.47. The monoisotopic (exact) mass is 331 g/mol. The van der Waals surface area contributed by atoms with Gasteiger partial charge < -0.3 is 9.64 Å². The third-order valence-electron chi connectivity index (χ3n) is 5.17. The first-order chi connectivity index (χ1) is 11.8. The molecule has 0 atom stereocenters. The molecule has 1 aromatic heterocycles. The van der Waals surface area contributed by atoms with E-state index in [2.05, 4.69) is 9.88 Å². The standard InChI is InChI=1S/C19H29N3O2/c1-2-24-18-14-17(8-9-20-18)19(23)22-12-10-21(11-13-22)15-16-6-4-3-5-7-16/h8-9,14,16H,2-7,10-13,15H2,1H3. The van der Waals surface area contributed by atoms with Gasteiger partial charge in [0.15, 0.2) is 0 Å². The molecule has 2 heterocycles. The molecule has 0 radical (unpaired) electrons. The predicted octanol–water partition coefficient (Wildman–Crippen LogP) is 2.82. The highest BCUT2D eigenvalue weighted by Crippen LogP contribution is 2.25. The van der Waals surface area contributed by atoms with Gasteiger partial charge in [0.1, 0.15) is 0 Å². The van der Waals surface area contributed by atoms with E-state index in [4.69, 9.17) is 4.74 Å². The molecule has 1 saturated carbocycles. The molecule has 0 N–H and O–H groups in total. The Labute approximate surface area is 145 Å². The van der Waals surface area contributed by atoms with Gasteiger partial charge in [-0.05, 0) is 31.7 Å². The normalized spacial score (nSPS) is 20.1. The first kappa shape index (κ1) is 17.2. The molecule has 1 aromatic rings. The van der Waals surface area contributed by atoms with E-state index in [9.17, 15) is 4.79 Å². The molecule has 1 saturated heterocycles. The Hall–Kier alpha value is -1.62. The van der Waals surface area contributed by atoms with Gasteiger partial charge in [-0.1, -0.05) is 19.3 Å². The molecule has 0 spiro atoms. The smallest absolute Gasteiger partial charge is 0.254 e. The SMILES string of the molecule is CCOc1cc(C(=O)N2CCN(CC3CCCCC3)CC2)ccn1. The van der Waals surface area contributed by atoms with Crippen LogP contribution in [0.15, 0.2) is 18.3 Å². The van der Waals surface area contributed by atoms with Gasteiger partial charge in [0, 0.05) is 50.6 Å². The van der Waals surface area contributed by atoms with Crippen molar-refractivity contribution >= 4 is 5.91 Å². The quantitative estimate of drug-likeness (QED) is 0.832. The van der Waals surface area contributed by atoms with E-state index in [1.54, 1.807) is 18.3 Å². The zero-order chi connectivity index (χ0) is 16.8. The maximum absolute atomic E-state index is 12.7. The number of rotatable bonds is 5. The zero-order valence-electron chi connectivity index (χ0n) is 14.7. The first-order valence-electron chi connectivity index (χ1n) is 9.36. The second-order valence-corrected chi connectivity index (χ2v) is 6.91. The van der Waals surface area contributed by atoms with E-state index < -0.39 is 0 Å². The van der Waals surface area contributed by atoms with Crippen molar-refractivity contribution in [3.63, 3.8) is 0 Å². The van der Waals surface area contributed by atoms with Crippen molar-refractivity contribution < 1.29 is 9.53 Å². The number of ether oxygens (including phenoxy) is 1. The highest BCUT2D eigenvalue weighted by atomic mass is 16.5. The van der Waals surface area contributed by atoms with Crippen LogP contribution in [0.25, 0.3) is 0 Å². The topological polar surface area (TPSA) is 45.7 Å². The summed E-state index contributed by atoms with van der Waals surface area (Å²) < 4.78 is 5.40. The van der Waals surface area contributed by atoms with Gasteiger partial charge in [-0.3, -0.25) is 9.69 Å². The first-order valence-corrected chi connectivity index (χ1v) is 9.36. The molecular weight excluding hydrogens is 302 g/mol. The average molecular weight is 331 g/mol. The van der Waals surface area contributed by atoms with Crippen LogP contribution in [0.3, 0.4) is 0 Å². The van der Waals surface area contributed by atoms with Crippen LogP contribution in [-0.2, 0) is 0 Å². The van der Waals surface area contributed by atoms with Gasteiger partial charge in [-0.2, -0.15) is 0 Å². The van der Waals surface area contributed by atoms with E-state index in [0.717, 1.165) is 32.1 Å². The molecule has 1 aliphatic carbocycles. The number of aromatic nitrogens is 1. The summed E-state index contributed by atoms with van der Waals surface area (Å²) in [5.74, 6) is 1.49. The van der Waals surface area contributed by atoms with Crippen LogP contribution < -0.4 is 4.74 Å². The molecule has 5 nitrogen and oxygen atoms in total. The third-order valence-corrected chi connectivity index (χ3v) is 5.17. The largest absolute Gasteiger partial charge is 0.478 e. The Balaban J connectivity index is 1.50. The molecule has 2 fully saturated rings. The Morgan fingerprint density at radius 3 is 2.67 bits per heavy atom. The number of hydrogen-bond donors (Lipinski definition) is 0. The summed E-state index contributed by atoms with van der Waals surface area (Å²) in [4.78, 5) is 21.3. The van der Waals surface area contributed by atoms with Crippen molar-refractivity contribution in [2.75, 3.05) is 39.3 Å². The number of hydrogen-bond acceptors (Lipinski definition) is 4. The Morgan fingerprint density at radius 1 is 1.21 bits per heavy atom. The van der Waals surface area contributed by atoms with Gasteiger partial charge in [-0.25, -0.2) is 4.98 Å². The molecule has 5 heteroatoms. The molecule has 0 aromatic carbocycles. The van der Waals surface area contributed by atoms with Crippen LogP contribution in [0.1, 0.15) is 49.4 Å². The summed E-state index contributed by atoms with van der Waals surface area (Å²) in [7, 11) is 0. The number of amides is 1. The van der Waals surface area contributed by atoms with Crippen LogP contribution in [0.4, 0.5) is 0 Å². The van der Waals surface area contributed by atoms with E-state index >= 15 is 0 Å². The van der Waals surface area contributed by atoms with Crippen LogP contribution in [0, 0.1) is 5.92 Å². The molecule has 0 bridgehead atoms. The minimum absolute atomic E-state index is 0.0932. The fraction of sp³-hybridized carbons (Fsp3) is 0.684. The second-order valence-electron chi connectivity index (χ2n) is 6.91. The Bertz CT molecular complexity index is 535. The summed E-state index contributed by atoms with van der Waals surface area (Å²) >= 11 is 0. The van der Waals surface area contributed by atoms with Crippen molar-refractivity contribution in [3.8, 4) is 5.88 Å². The van der Waals surface area contributed by atoms with Crippen molar-refractivity contribution in [2.24, 2.45) is 5.92 Å². The zero-order valence-corrected chi connectivity index (χ0v) is 14.7. The summed E-state index contributed by atoms with van der Waals surface area (Å²) in [6, 6.07) is 3.53. The molecule has 24 heavy (non-hydrogen) atoms. The fourth-order valence-corrected chi connectivity index (χ4v) is 3.82. The lowest BCUT2D eigenvalue weighted by Crippen LogP contribution is -2.49. The Morgan fingerprint density at radius 2 is 1.96 bits per heavy atom. The maximum atomic E-state index is 12.7. The van der Waals surface area contributed by atoms with Gasteiger partial charge in [0.05, 0.1) is 6.61 Å². The molecule has 1 amide bonds. The Kier molecular flexibility index (Phi) is 6.07. The summed E-state index contributed by atoms with van der Waals surface area (Å²) in [6.45, 7) is 7.31. The van der Waals surface area contributed by atoms with E-state index in [-0.39, 0.29) is 5.91 Å². The maximum Gasteiger partial charge on any atom is 0.254 e. The number of piperazine rings is 1. The van der Waals surface area contributed by atoms with Crippen molar-refractivity contribution in [3.05, 3.63) is 23.9 Å². The molecule has 132 valence electrons. The number of carbonyl (C=O) groups excluding carboxylic acids is 1. The predicted molar refractivity (Wildman–Crippen MR) is 94.3 cm³/mol. The minimum atomic E-state index is 0.0932. The highest BCUT2D eigenvalue weighted by molar-refractivity contribution is 5.94.